The summed E-state index contributed by atoms with van der Waals surface area (Å²) < 4.78 is 27.9. The van der Waals surface area contributed by atoms with Crippen LogP contribution in [0.4, 0.5) is 5.69 Å². The lowest BCUT2D eigenvalue weighted by Gasteiger charge is -2.11. The first-order valence-electron chi connectivity index (χ1n) is 8.44. The Kier molecular flexibility index (Phi) is 3.96. The molecule has 1 aliphatic carbocycles. The van der Waals surface area contributed by atoms with Crippen molar-refractivity contribution >= 4 is 32.6 Å². The SMILES string of the molecule is O=C(O)c1ccc(NS(=O)(=O)c2ccc3[nH]c4c(c3c2)CCCC4)cc1. The highest BCUT2D eigenvalue weighted by molar-refractivity contribution is 7.92. The number of sulfonamides is 1. The van der Waals surface area contributed by atoms with Gasteiger partial charge >= 0.3 is 5.97 Å². The molecule has 0 amide bonds. The number of nitrogens with one attached hydrogen (secondary N) is 2. The molecule has 0 aliphatic heterocycles. The second-order valence-electron chi connectivity index (χ2n) is 6.48. The molecular formula is C19H18N2O4S. The molecule has 0 unspecified atom stereocenters. The number of aryl methyl sites for hydroxylation is 2. The van der Waals surface area contributed by atoms with E-state index in [1.54, 1.807) is 18.2 Å². The number of H-pyrrole nitrogens is 1. The molecule has 6 nitrogen and oxygen atoms in total. The van der Waals surface area contributed by atoms with Gasteiger partial charge in [0.25, 0.3) is 10.0 Å². The van der Waals surface area contributed by atoms with E-state index in [1.807, 2.05) is 0 Å². The Morgan fingerprint density at radius 3 is 2.50 bits per heavy atom. The standard InChI is InChI=1S/C19H18N2O4S/c22-19(23)12-5-7-13(8-6-12)21-26(24,25)14-9-10-18-16(11-14)15-3-1-2-4-17(15)20-18/h5-11,20-21H,1-4H2,(H,22,23). The molecule has 3 N–H and O–H groups in total. The third-order valence-corrected chi connectivity index (χ3v) is 6.14. The second kappa shape index (κ2) is 6.17. The van der Waals surface area contributed by atoms with Gasteiger partial charge in [0.15, 0.2) is 0 Å². The van der Waals surface area contributed by atoms with E-state index >= 15 is 0 Å². The molecule has 4 rings (SSSR count). The lowest BCUT2D eigenvalue weighted by Crippen LogP contribution is -2.13. The second-order valence-corrected chi connectivity index (χ2v) is 8.17. The van der Waals surface area contributed by atoms with Crippen LogP contribution in [0.3, 0.4) is 0 Å². The number of hydrogen-bond acceptors (Lipinski definition) is 3. The fraction of sp³-hybridized carbons (Fsp3) is 0.211. The van der Waals surface area contributed by atoms with Gasteiger partial charge in [-0.05, 0) is 73.7 Å². The molecule has 134 valence electrons. The maximum atomic E-state index is 12.7. The molecule has 0 bridgehead atoms. The van der Waals surface area contributed by atoms with Crippen molar-refractivity contribution in [2.75, 3.05) is 4.72 Å². The highest BCUT2D eigenvalue weighted by atomic mass is 32.2. The summed E-state index contributed by atoms with van der Waals surface area (Å²) >= 11 is 0. The van der Waals surface area contributed by atoms with E-state index in [0.717, 1.165) is 36.6 Å². The van der Waals surface area contributed by atoms with Crippen LogP contribution < -0.4 is 4.72 Å². The molecule has 1 aromatic heterocycles. The van der Waals surface area contributed by atoms with Gasteiger partial charge in [0.05, 0.1) is 10.5 Å². The van der Waals surface area contributed by atoms with Crippen LogP contribution >= 0.6 is 0 Å². The topological polar surface area (TPSA) is 99.3 Å². The molecule has 0 saturated carbocycles. The zero-order chi connectivity index (χ0) is 18.3. The lowest BCUT2D eigenvalue weighted by atomic mass is 9.96. The summed E-state index contributed by atoms with van der Waals surface area (Å²) in [7, 11) is -3.75. The van der Waals surface area contributed by atoms with Crippen LogP contribution in [0, 0.1) is 0 Å². The van der Waals surface area contributed by atoms with Crippen molar-refractivity contribution in [3.63, 3.8) is 0 Å². The number of aromatic carboxylic acids is 1. The van der Waals surface area contributed by atoms with E-state index in [9.17, 15) is 13.2 Å². The number of anilines is 1. The van der Waals surface area contributed by atoms with Crippen LogP contribution in [0.1, 0.15) is 34.5 Å². The Labute approximate surface area is 150 Å². The Morgan fingerprint density at radius 1 is 1.04 bits per heavy atom. The molecule has 0 atom stereocenters. The lowest BCUT2D eigenvalue weighted by molar-refractivity contribution is 0.0697. The van der Waals surface area contributed by atoms with Crippen molar-refractivity contribution in [1.29, 1.82) is 0 Å². The number of rotatable bonds is 4. The van der Waals surface area contributed by atoms with Crippen LogP contribution in [0.15, 0.2) is 47.4 Å². The third-order valence-electron chi connectivity index (χ3n) is 4.76. The van der Waals surface area contributed by atoms with Crippen molar-refractivity contribution < 1.29 is 18.3 Å². The predicted octanol–water partition coefficient (Wildman–Crippen LogP) is 3.55. The van der Waals surface area contributed by atoms with Gasteiger partial charge in [-0.25, -0.2) is 13.2 Å². The minimum Gasteiger partial charge on any atom is -0.478 e. The Hall–Kier alpha value is -2.80. The quantitative estimate of drug-likeness (QED) is 0.654. The van der Waals surface area contributed by atoms with Gasteiger partial charge in [-0.2, -0.15) is 0 Å². The number of aromatic nitrogens is 1. The van der Waals surface area contributed by atoms with Crippen molar-refractivity contribution in [3.05, 3.63) is 59.3 Å². The molecule has 0 radical (unpaired) electrons. The van der Waals surface area contributed by atoms with Crippen LogP contribution in [-0.2, 0) is 22.9 Å². The van der Waals surface area contributed by atoms with Crippen LogP contribution in [0.25, 0.3) is 10.9 Å². The van der Waals surface area contributed by atoms with Gasteiger partial charge < -0.3 is 10.1 Å². The van der Waals surface area contributed by atoms with E-state index in [4.69, 9.17) is 5.11 Å². The minimum absolute atomic E-state index is 0.105. The molecule has 1 aliphatic rings. The Morgan fingerprint density at radius 2 is 1.77 bits per heavy atom. The normalized spacial score (nSPS) is 14.2. The number of aromatic amines is 1. The average Bonchev–Trinajstić information content (AvgIpc) is 2.99. The van der Waals surface area contributed by atoms with E-state index in [-0.39, 0.29) is 10.5 Å². The Bertz CT molecular complexity index is 1100. The van der Waals surface area contributed by atoms with Gasteiger partial charge in [-0.3, -0.25) is 4.72 Å². The van der Waals surface area contributed by atoms with Gasteiger partial charge in [-0.1, -0.05) is 0 Å². The summed E-state index contributed by atoms with van der Waals surface area (Å²) in [5.74, 6) is -1.05. The molecule has 0 fully saturated rings. The van der Waals surface area contributed by atoms with Gasteiger partial charge in [0.1, 0.15) is 0 Å². The van der Waals surface area contributed by atoms with Crippen molar-refractivity contribution in [3.8, 4) is 0 Å². The number of carboxylic acids is 1. The Balaban J connectivity index is 1.67. The molecule has 7 heteroatoms. The first-order chi connectivity index (χ1) is 12.4. The summed E-state index contributed by atoms with van der Waals surface area (Å²) in [4.78, 5) is 14.5. The van der Waals surface area contributed by atoms with Crippen molar-refractivity contribution in [1.82, 2.24) is 4.98 Å². The largest absolute Gasteiger partial charge is 0.478 e. The van der Waals surface area contributed by atoms with Crippen molar-refractivity contribution in [2.45, 2.75) is 30.6 Å². The van der Waals surface area contributed by atoms with Gasteiger partial charge in [0.2, 0.25) is 0 Å². The molecule has 3 aromatic rings. The van der Waals surface area contributed by atoms with E-state index in [2.05, 4.69) is 9.71 Å². The summed E-state index contributed by atoms with van der Waals surface area (Å²) in [5, 5.41) is 9.88. The predicted molar refractivity (Wildman–Crippen MR) is 99.2 cm³/mol. The average molecular weight is 370 g/mol. The molecule has 26 heavy (non-hydrogen) atoms. The summed E-state index contributed by atoms with van der Waals surface area (Å²) in [5.41, 5.74) is 3.81. The molecular weight excluding hydrogens is 352 g/mol. The number of carboxylic acid groups (broad SMARTS) is 1. The van der Waals surface area contributed by atoms with Crippen LogP contribution in [0.2, 0.25) is 0 Å². The third kappa shape index (κ3) is 2.94. The summed E-state index contributed by atoms with van der Waals surface area (Å²) in [6.45, 7) is 0. The number of fused-ring (bicyclic) bond motifs is 3. The number of hydrogen-bond donors (Lipinski definition) is 3. The monoisotopic (exact) mass is 370 g/mol. The van der Waals surface area contributed by atoms with Crippen LogP contribution in [-0.4, -0.2) is 24.5 Å². The molecule has 0 saturated heterocycles. The molecule has 0 spiro atoms. The minimum atomic E-state index is -3.75. The van der Waals surface area contributed by atoms with Gasteiger partial charge in [-0.15, -0.1) is 0 Å². The first-order valence-corrected chi connectivity index (χ1v) is 9.92. The highest BCUT2D eigenvalue weighted by Gasteiger charge is 2.19. The van der Waals surface area contributed by atoms with E-state index in [0.29, 0.717) is 5.69 Å². The zero-order valence-electron chi connectivity index (χ0n) is 14.0. The van der Waals surface area contributed by atoms with E-state index < -0.39 is 16.0 Å². The van der Waals surface area contributed by atoms with E-state index in [1.165, 1.54) is 35.5 Å². The van der Waals surface area contributed by atoms with Gasteiger partial charge in [0, 0.05) is 22.3 Å². The summed E-state index contributed by atoms with van der Waals surface area (Å²) in [6.07, 6.45) is 4.23. The number of benzene rings is 2. The first kappa shape index (κ1) is 16.7. The molecule has 2 aromatic carbocycles. The smallest absolute Gasteiger partial charge is 0.335 e. The van der Waals surface area contributed by atoms with Crippen molar-refractivity contribution in [2.24, 2.45) is 0 Å². The fourth-order valence-electron chi connectivity index (χ4n) is 3.45. The number of carbonyl (C=O) groups is 1. The maximum Gasteiger partial charge on any atom is 0.335 e. The van der Waals surface area contributed by atoms with Crippen LogP contribution in [0.5, 0.6) is 0 Å². The zero-order valence-corrected chi connectivity index (χ0v) is 14.8. The maximum absolute atomic E-state index is 12.7. The highest BCUT2D eigenvalue weighted by Crippen LogP contribution is 2.31. The summed E-state index contributed by atoms with van der Waals surface area (Å²) in [6, 6.07) is 10.7. The fourth-order valence-corrected chi connectivity index (χ4v) is 4.53. The molecule has 1 heterocycles.